The summed E-state index contributed by atoms with van der Waals surface area (Å²) in [4.78, 5) is 24.9. The average Bonchev–Trinajstić information content (AvgIpc) is 3.25. The highest BCUT2D eigenvalue weighted by Gasteiger charge is 2.27. The lowest BCUT2D eigenvalue weighted by Gasteiger charge is -2.22. The highest BCUT2D eigenvalue weighted by atomic mass is 16.5. The van der Waals surface area contributed by atoms with E-state index in [0.29, 0.717) is 30.6 Å². The minimum absolute atomic E-state index is 0.0257. The monoisotopic (exact) mass is 345 g/mol. The van der Waals surface area contributed by atoms with Crippen LogP contribution in [0.1, 0.15) is 24.2 Å². The molecule has 3 rings (SSSR count). The minimum Gasteiger partial charge on any atom is -0.368 e. The van der Waals surface area contributed by atoms with Gasteiger partial charge in [-0.25, -0.2) is 9.97 Å². The summed E-state index contributed by atoms with van der Waals surface area (Å²) in [5.41, 5.74) is 2.23. The molecule has 2 aromatic heterocycles. The van der Waals surface area contributed by atoms with E-state index < -0.39 is 0 Å². The van der Waals surface area contributed by atoms with Crippen molar-refractivity contribution in [1.29, 1.82) is 0 Å². The lowest BCUT2D eigenvalue weighted by Crippen LogP contribution is -2.36. The number of likely N-dealkylation sites (N-methyl/N-ethyl adjacent to an activating group) is 1. The number of aryl methyl sites for hydroxylation is 1. The number of carbonyl (C=O) groups is 1. The van der Waals surface area contributed by atoms with Gasteiger partial charge in [0, 0.05) is 40.0 Å². The van der Waals surface area contributed by atoms with Crippen molar-refractivity contribution in [1.82, 2.24) is 20.0 Å². The molecule has 0 radical (unpaired) electrons. The largest absolute Gasteiger partial charge is 0.368 e. The fraction of sp³-hybridized carbons (Fsp3) is 0.529. The van der Waals surface area contributed by atoms with Crippen molar-refractivity contribution < 1.29 is 14.1 Å². The molecule has 8 nitrogen and oxygen atoms in total. The zero-order valence-corrected chi connectivity index (χ0v) is 15.0. The number of rotatable bonds is 5. The maximum absolute atomic E-state index is 12.5. The first-order valence-electron chi connectivity index (χ1n) is 8.29. The average molecular weight is 345 g/mol. The summed E-state index contributed by atoms with van der Waals surface area (Å²) in [6.45, 7) is 2.84. The fourth-order valence-corrected chi connectivity index (χ4v) is 2.76. The molecule has 0 spiro atoms. The van der Waals surface area contributed by atoms with E-state index in [4.69, 9.17) is 9.26 Å². The van der Waals surface area contributed by atoms with Crippen LogP contribution in [0.25, 0.3) is 11.3 Å². The van der Waals surface area contributed by atoms with E-state index in [0.717, 1.165) is 24.1 Å². The van der Waals surface area contributed by atoms with Gasteiger partial charge < -0.3 is 19.1 Å². The molecular formula is C17H23N5O3. The Bertz CT molecular complexity index is 752. The Morgan fingerprint density at radius 2 is 2.16 bits per heavy atom. The second kappa shape index (κ2) is 7.18. The number of nitrogens with zero attached hydrogens (tertiary/aromatic N) is 5. The third kappa shape index (κ3) is 3.79. The van der Waals surface area contributed by atoms with Gasteiger partial charge in [-0.1, -0.05) is 5.16 Å². The van der Waals surface area contributed by atoms with Gasteiger partial charge >= 0.3 is 0 Å². The third-order valence-electron chi connectivity index (χ3n) is 4.12. The summed E-state index contributed by atoms with van der Waals surface area (Å²) in [6, 6.07) is 1.83. The van der Waals surface area contributed by atoms with Crippen LogP contribution in [0.2, 0.25) is 0 Å². The highest BCUT2D eigenvalue weighted by molar-refractivity contribution is 5.81. The maximum Gasteiger partial charge on any atom is 0.251 e. The van der Waals surface area contributed by atoms with Gasteiger partial charge in [0.15, 0.2) is 5.76 Å². The first kappa shape index (κ1) is 17.3. The van der Waals surface area contributed by atoms with Crippen LogP contribution in [-0.2, 0) is 16.1 Å². The standard InChI is InChI=1S/C17H23N5O3/c1-11-8-15(25-20-11)12-9-18-17(21(2)3)19-13(12)10-22(4)16(23)14-6-5-7-24-14/h8-9,14H,5-7,10H2,1-4H3/t14-/m1/s1. The second-order valence-electron chi connectivity index (χ2n) is 6.45. The Hall–Kier alpha value is -2.48. The first-order valence-corrected chi connectivity index (χ1v) is 8.29. The van der Waals surface area contributed by atoms with Crippen molar-refractivity contribution in [2.75, 3.05) is 32.6 Å². The molecule has 0 aliphatic carbocycles. The first-order chi connectivity index (χ1) is 12.0. The van der Waals surface area contributed by atoms with E-state index >= 15 is 0 Å². The Morgan fingerprint density at radius 1 is 1.36 bits per heavy atom. The van der Waals surface area contributed by atoms with Crippen molar-refractivity contribution in [2.24, 2.45) is 0 Å². The van der Waals surface area contributed by atoms with Crippen LogP contribution in [0.4, 0.5) is 5.95 Å². The fourth-order valence-electron chi connectivity index (χ4n) is 2.76. The van der Waals surface area contributed by atoms with Gasteiger partial charge in [-0.3, -0.25) is 4.79 Å². The van der Waals surface area contributed by atoms with Crippen LogP contribution in [0.3, 0.4) is 0 Å². The SMILES string of the molecule is Cc1cc(-c2cnc(N(C)C)nc2CN(C)C(=O)[C@H]2CCCO2)on1. The van der Waals surface area contributed by atoms with Gasteiger partial charge in [-0.15, -0.1) is 0 Å². The lowest BCUT2D eigenvalue weighted by atomic mass is 10.1. The summed E-state index contributed by atoms with van der Waals surface area (Å²) < 4.78 is 10.9. The summed E-state index contributed by atoms with van der Waals surface area (Å²) in [5, 5.41) is 3.93. The second-order valence-corrected chi connectivity index (χ2v) is 6.45. The van der Waals surface area contributed by atoms with Crippen molar-refractivity contribution in [3.8, 4) is 11.3 Å². The van der Waals surface area contributed by atoms with Crippen LogP contribution in [0.15, 0.2) is 16.8 Å². The molecule has 0 saturated carbocycles. The van der Waals surface area contributed by atoms with Gasteiger partial charge in [0.1, 0.15) is 6.10 Å². The Kier molecular flexibility index (Phi) is 4.98. The molecule has 1 aliphatic rings. The third-order valence-corrected chi connectivity index (χ3v) is 4.12. The molecule has 1 aliphatic heterocycles. The number of carbonyl (C=O) groups excluding carboxylic acids is 1. The quantitative estimate of drug-likeness (QED) is 0.814. The molecule has 134 valence electrons. The van der Waals surface area contributed by atoms with Crippen LogP contribution >= 0.6 is 0 Å². The van der Waals surface area contributed by atoms with Crippen LogP contribution in [0, 0.1) is 6.92 Å². The molecule has 25 heavy (non-hydrogen) atoms. The van der Waals surface area contributed by atoms with Crippen LogP contribution < -0.4 is 4.90 Å². The van der Waals surface area contributed by atoms with Gasteiger partial charge in [0.2, 0.25) is 5.95 Å². The summed E-state index contributed by atoms with van der Waals surface area (Å²) in [5.74, 6) is 1.14. The van der Waals surface area contributed by atoms with E-state index in [1.165, 1.54) is 0 Å². The lowest BCUT2D eigenvalue weighted by molar-refractivity contribution is -0.140. The number of hydrogen-bond donors (Lipinski definition) is 0. The molecule has 8 heteroatoms. The van der Waals surface area contributed by atoms with E-state index in [-0.39, 0.29) is 12.0 Å². The molecule has 1 saturated heterocycles. The number of anilines is 1. The molecule has 0 N–H and O–H groups in total. The van der Waals surface area contributed by atoms with Gasteiger partial charge in [-0.05, 0) is 19.8 Å². The number of ether oxygens (including phenoxy) is 1. The molecule has 2 aromatic rings. The Morgan fingerprint density at radius 3 is 2.76 bits per heavy atom. The van der Waals surface area contributed by atoms with Gasteiger partial charge in [-0.2, -0.15) is 0 Å². The predicted molar refractivity (Wildman–Crippen MR) is 92.0 cm³/mol. The van der Waals surface area contributed by atoms with Gasteiger partial charge in [0.05, 0.1) is 23.5 Å². The van der Waals surface area contributed by atoms with Crippen LogP contribution in [0.5, 0.6) is 0 Å². The summed E-state index contributed by atoms with van der Waals surface area (Å²) in [6.07, 6.45) is 3.05. The Balaban J connectivity index is 1.89. The molecule has 0 bridgehead atoms. The van der Waals surface area contributed by atoms with E-state index in [1.54, 1.807) is 18.1 Å². The highest BCUT2D eigenvalue weighted by Crippen LogP contribution is 2.25. The van der Waals surface area contributed by atoms with Crippen molar-refractivity contribution in [3.63, 3.8) is 0 Å². The minimum atomic E-state index is -0.351. The Labute approximate surface area is 146 Å². The molecule has 1 amide bonds. The zero-order chi connectivity index (χ0) is 18.0. The summed E-state index contributed by atoms with van der Waals surface area (Å²) in [7, 11) is 5.51. The normalized spacial score (nSPS) is 16.9. The van der Waals surface area contributed by atoms with E-state index in [2.05, 4.69) is 15.1 Å². The molecule has 3 heterocycles. The van der Waals surface area contributed by atoms with E-state index in [1.807, 2.05) is 32.0 Å². The predicted octanol–water partition coefficient (Wildman–Crippen LogP) is 1.64. The van der Waals surface area contributed by atoms with Crippen molar-refractivity contribution >= 4 is 11.9 Å². The molecule has 1 atom stereocenters. The number of aromatic nitrogens is 3. The van der Waals surface area contributed by atoms with Gasteiger partial charge in [0.25, 0.3) is 5.91 Å². The number of hydrogen-bond acceptors (Lipinski definition) is 7. The molecule has 0 aromatic carbocycles. The maximum atomic E-state index is 12.5. The van der Waals surface area contributed by atoms with Crippen molar-refractivity contribution in [3.05, 3.63) is 23.7 Å². The van der Waals surface area contributed by atoms with Crippen LogP contribution in [-0.4, -0.2) is 59.8 Å². The number of amides is 1. The zero-order valence-electron chi connectivity index (χ0n) is 15.0. The smallest absolute Gasteiger partial charge is 0.251 e. The molecular weight excluding hydrogens is 322 g/mol. The summed E-state index contributed by atoms with van der Waals surface area (Å²) >= 11 is 0. The van der Waals surface area contributed by atoms with E-state index in [9.17, 15) is 4.79 Å². The topological polar surface area (TPSA) is 84.6 Å². The molecule has 1 fully saturated rings. The molecule has 0 unspecified atom stereocenters. The van der Waals surface area contributed by atoms with Crippen molar-refractivity contribution in [2.45, 2.75) is 32.4 Å².